The molecule has 2 aromatic rings. The lowest BCUT2D eigenvalue weighted by atomic mass is 9.94. The van der Waals surface area contributed by atoms with Crippen molar-refractivity contribution in [1.82, 2.24) is 0 Å². The molecule has 5 nitrogen and oxygen atoms in total. The molecule has 1 heterocycles. The van der Waals surface area contributed by atoms with Crippen molar-refractivity contribution in [2.75, 3.05) is 43.6 Å². The Kier molecular flexibility index (Phi) is 4.74. The fraction of sp³-hybridized carbons (Fsp3) is 0.381. The number of nitrogens with zero attached hydrogens (tertiary/aromatic N) is 1. The van der Waals surface area contributed by atoms with Crippen LogP contribution in [0.1, 0.15) is 18.4 Å². The van der Waals surface area contributed by atoms with Crippen LogP contribution < -0.4 is 15.0 Å². The number of nitrogens with one attached hydrogen (secondary N) is 1. The zero-order valence-electron chi connectivity index (χ0n) is 15.3. The molecular formula is C21H23FN2O3. The third-order valence-corrected chi connectivity index (χ3v) is 5.38. The molecule has 2 aromatic carbocycles. The fourth-order valence-electron chi connectivity index (χ4n) is 3.65. The van der Waals surface area contributed by atoms with Crippen LogP contribution in [0.3, 0.4) is 0 Å². The van der Waals surface area contributed by atoms with Gasteiger partial charge in [-0.25, -0.2) is 4.39 Å². The summed E-state index contributed by atoms with van der Waals surface area (Å²) in [5.74, 6) is 0.0638. The number of morpholine rings is 1. The minimum absolute atomic E-state index is 0.190. The number of rotatable bonds is 5. The second-order valence-corrected chi connectivity index (χ2v) is 7.00. The lowest BCUT2D eigenvalue weighted by Gasteiger charge is -2.29. The first-order valence-electron chi connectivity index (χ1n) is 9.21. The van der Waals surface area contributed by atoms with Gasteiger partial charge in [0.2, 0.25) is 5.91 Å². The number of anilines is 2. The van der Waals surface area contributed by atoms with E-state index in [4.69, 9.17) is 9.47 Å². The van der Waals surface area contributed by atoms with Crippen molar-refractivity contribution in [3.8, 4) is 5.75 Å². The molecule has 1 aliphatic heterocycles. The molecular weight excluding hydrogens is 347 g/mol. The molecule has 4 rings (SSSR count). The largest absolute Gasteiger partial charge is 0.495 e. The summed E-state index contributed by atoms with van der Waals surface area (Å²) in [4.78, 5) is 15.2. The van der Waals surface area contributed by atoms with Gasteiger partial charge in [-0.2, -0.15) is 0 Å². The zero-order valence-corrected chi connectivity index (χ0v) is 15.3. The van der Waals surface area contributed by atoms with Gasteiger partial charge in [0.1, 0.15) is 11.6 Å². The van der Waals surface area contributed by atoms with Gasteiger partial charge in [-0.3, -0.25) is 4.79 Å². The maximum atomic E-state index is 14.3. The highest BCUT2D eigenvalue weighted by Gasteiger charge is 2.52. The van der Waals surface area contributed by atoms with E-state index in [9.17, 15) is 9.18 Å². The summed E-state index contributed by atoms with van der Waals surface area (Å²) < 4.78 is 25.1. The van der Waals surface area contributed by atoms with E-state index in [0.29, 0.717) is 43.1 Å². The van der Waals surface area contributed by atoms with Crippen molar-refractivity contribution in [2.24, 2.45) is 0 Å². The third kappa shape index (κ3) is 3.37. The normalized spacial score (nSPS) is 18.1. The number of carbonyl (C=O) groups is 1. The topological polar surface area (TPSA) is 50.8 Å². The van der Waals surface area contributed by atoms with Crippen LogP contribution in [0.25, 0.3) is 0 Å². The SMILES string of the molecule is COc1ccc(N2CCOCC2)cc1NC(=O)C1(c2ccccc2F)CC1. The fourth-order valence-corrected chi connectivity index (χ4v) is 3.65. The van der Waals surface area contributed by atoms with E-state index in [-0.39, 0.29) is 11.7 Å². The van der Waals surface area contributed by atoms with Gasteiger partial charge in [0.25, 0.3) is 0 Å². The predicted molar refractivity (Wildman–Crippen MR) is 102 cm³/mol. The van der Waals surface area contributed by atoms with Gasteiger partial charge >= 0.3 is 0 Å². The molecule has 1 saturated carbocycles. The number of methoxy groups -OCH3 is 1. The van der Waals surface area contributed by atoms with E-state index in [1.54, 1.807) is 25.3 Å². The molecule has 0 aromatic heterocycles. The molecule has 0 atom stereocenters. The van der Waals surface area contributed by atoms with Crippen LogP contribution in [0.4, 0.5) is 15.8 Å². The Morgan fingerprint density at radius 3 is 2.59 bits per heavy atom. The number of carbonyl (C=O) groups excluding carboxylic acids is 1. The minimum atomic E-state index is -0.786. The number of benzene rings is 2. The molecule has 142 valence electrons. The summed E-state index contributed by atoms with van der Waals surface area (Å²) in [6.07, 6.45) is 1.29. The van der Waals surface area contributed by atoms with Crippen LogP contribution in [0, 0.1) is 5.82 Å². The van der Waals surface area contributed by atoms with E-state index in [1.165, 1.54) is 6.07 Å². The van der Waals surface area contributed by atoms with Crippen molar-refractivity contribution in [3.05, 3.63) is 53.8 Å². The zero-order chi connectivity index (χ0) is 18.9. The van der Waals surface area contributed by atoms with Crippen molar-refractivity contribution in [1.29, 1.82) is 0 Å². The van der Waals surface area contributed by atoms with Crippen LogP contribution in [-0.4, -0.2) is 39.3 Å². The predicted octanol–water partition coefficient (Wildman–Crippen LogP) is 3.34. The summed E-state index contributed by atoms with van der Waals surface area (Å²) >= 11 is 0. The lowest BCUT2D eigenvalue weighted by molar-refractivity contribution is -0.118. The number of halogens is 1. The second-order valence-electron chi connectivity index (χ2n) is 7.00. The molecule has 0 unspecified atom stereocenters. The van der Waals surface area contributed by atoms with Gasteiger partial charge < -0.3 is 19.7 Å². The average molecular weight is 370 g/mol. The Morgan fingerprint density at radius 2 is 1.93 bits per heavy atom. The molecule has 6 heteroatoms. The summed E-state index contributed by atoms with van der Waals surface area (Å²) in [7, 11) is 1.57. The molecule has 2 fully saturated rings. The van der Waals surface area contributed by atoms with Gasteiger partial charge in [0.05, 0.1) is 31.4 Å². The lowest BCUT2D eigenvalue weighted by Crippen LogP contribution is -2.36. The summed E-state index contributed by atoms with van der Waals surface area (Å²) in [6.45, 7) is 2.98. The first-order chi connectivity index (χ1) is 13.1. The Morgan fingerprint density at radius 1 is 1.19 bits per heavy atom. The van der Waals surface area contributed by atoms with Crippen LogP contribution >= 0.6 is 0 Å². The van der Waals surface area contributed by atoms with E-state index in [2.05, 4.69) is 10.2 Å². The van der Waals surface area contributed by atoms with Gasteiger partial charge in [-0.1, -0.05) is 18.2 Å². The standard InChI is InChI=1S/C21H23FN2O3/c1-26-19-7-6-15(24-10-12-27-13-11-24)14-18(19)23-20(25)21(8-9-21)16-4-2-3-5-17(16)22/h2-7,14H,8-13H2,1H3,(H,23,25). The summed E-state index contributed by atoms with van der Waals surface area (Å²) in [6, 6.07) is 12.3. The van der Waals surface area contributed by atoms with Crippen molar-refractivity contribution in [2.45, 2.75) is 18.3 Å². The molecule has 1 aliphatic carbocycles. The smallest absolute Gasteiger partial charge is 0.235 e. The Hall–Kier alpha value is -2.60. The second kappa shape index (κ2) is 7.19. The first kappa shape index (κ1) is 17.8. The number of ether oxygens (including phenoxy) is 2. The van der Waals surface area contributed by atoms with Crippen LogP contribution in [0.2, 0.25) is 0 Å². The van der Waals surface area contributed by atoms with Gasteiger partial charge in [-0.15, -0.1) is 0 Å². The summed E-state index contributed by atoms with van der Waals surface area (Å²) in [5, 5.41) is 2.98. The minimum Gasteiger partial charge on any atom is -0.495 e. The molecule has 1 N–H and O–H groups in total. The molecule has 0 spiro atoms. The Bertz CT molecular complexity index is 845. The number of hydrogen-bond donors (Lipinski definition) is 1. The maximum Gasteiger partial charge on any atom is 0.235 e. The Balaban J connectivity index is 1.59. The summed E-state index contributed by atoms with van der Waals surface area (Å²) in [5.41, 5.74) is 1.29. The average Bonchev–Trinajstić information content (AvgIpc) is 3.51. The van der Waals surface area contributed by atoms with Crippen LogP contribution in [-0.2, 0) is 14.9 Å². The van der Waals surface area contributed by atoms with Crippen molar-refractivity contribution >= 4 is 17.3 Å². The van der Waals surface area contributed by atoms with E-state index in [1.807, 2.05) is 18.2 Å². The maximum absolute atomic E-state index is 14.3. The molecule has 27 heavy (non-hydrogen) atoms. The molecule has 1 saturated heterocycles. The van der Waals surface area contributed by atoms with E-state index >= 15 is 0 Å². The number of amides is 1. The Labute approximate surface area is 158 Å². The molecule has 1 amide bonds. The monoisotopic (exact) mass is 370 g/mol. The highest BCUT2D eigenvalue weighted by molar-refractivity contribution is 6.02. The van der Waals surface area contributed by atoms with Gasteiger partial charge in [0.15, 0.2) is 0 Å². The third-order valence-electron chi connectivity index (χ3n) is 5.38. The molecule has 0 radical (unpaired) electrons. The van der Waals surface area contributed by atoms with E-state index in [0.717, 1.165) is 18.8 Å². The van der Waals surface area contributed by atoms with Gasteiger partial charge in [0, 0.05) is 24.3 Å². The molecule has 2 aliphatic rings. The van der Waals surface area contributed by atoms with Gasteiger partial charge in [-0.05, 0) is 37.1 Å². The van der Waals surface area contributed by atoms with Crippen molar-refractivity contribution < 1.29 is 18.7 Å². The quantitative estimate of drug-likeness (QED) is 0.877. The van der Waals surface area contributed by atoms with E-state index < -0.39 is 5.41 Å². The van der Waals surface area contributed by atoms with Crippen LogP contribution in [0.15, 0.2) is 42.5 Å². The highest BCUT2D eigenvalue weighted by Crippen LogP contribution is 2.50. The van der Waals surface area contributed by atoms with Crippen molar-refractivity contribution in [3.63, 3.8) is 0 Å². The number of hydrogen-bond acceptors (Lipinski definition) is 4. The molecule has 0 bridgehead atoms. The highest BCUT2D eigenvalue weighted by atomic mass is 19.1. The first-order valence-corrected chi connectivity index (χ1v) is 9.21. The van der Waals surface area contributed by atoms with Crippen LogP contribution in [0.5, 0.6) is 5.75 Å².